The van der Waals surface area contributed by atoms with E-state index in [-0.39, 0.29) is 0 Å². The van der Waals surface area contributed by atoms with Crippen molar-refractivity contribution in [1.82, 2.24) is 0 Å². The lowest BCUT2D eigenvalue weighted by Crippen LogP contribution is -1.88. The van der Waals surface area contributed by atoms with E-state index in [0.29, 0.717) is 0 Å². The Labute approximate surface area is 106 Å². The van der Waals surface area contributed by atoms with E-state index >= 15 is 0 Å². The molecule has 0 nitrogen and oxygen atoms in total. The lowest BCUT2D eigenvalue weighted by Gasteiger charge is -2.04. The van der Waals surface area contributed by atoms with Gasteiger partial charge in [0.2, 0.25) is 0 Å². The van der Waals surface area contributed by atoms with Gasteiger partial charge < -0.3 is 0 Å². The quantitative estimate of drug-likeness (QED) is 0.534. The third-order valence-electron chi connectivity index (χ3n) is 1.12. The predicted molar refractivity (Wildman–Crippen MR) is 78.9 cm³/mol. The Hall–Kier alpha value is 0. The third-order valence-corrected chi connectivity index (χ3v) is 1.12. The normalized spacial score (nSPS) is 10.1. The van der Waals surface area contributed by atoms with Crippen LogP contribution in [-0.2, 0) is 0 Å². The van der Waals surface area contributed by atoms with Crippen LogP contribution in [0, 0.1) is 23.7 Å². The van der Waals surface area contributed by atoms with Crippen LogP contribution < -0.4 is 0 Å². The molecule has 0 saturated carbocycles. The molecule has 4 radical (unpaired) electrons. The monoisotopic (exact) mass is 226 g/mol. The van der Waals surface area contributed by atoms with Crippen molar-refractivity contribution in [3.8, 4) is 0 Å². The highest BCUT2D eigenvalue weighted by molar-refractivity contribution is 4.85. The minimum Gasteiger partial charge on any atom is -0.0597 e. The lowest BCUT2D eigenvalue weighted by atomic mass is 10.0. The Morgan fingerprint density at radius 3 is 0.625 bits per heavy atom. The Kier molecular flexibility index (Phi) is 20.0. The van der Waals surface area contributed by atoms with Gasteiger partial charge in [-0.25, -0.2) is 0 Å². The smallest absolute Gasteiger partial charge is 0.0303 e. The van der Waals surface area contributed by atoms with Crippen molar-refractivity contribution in [3.05, 3.63) is 23.7 Å². The summed E-state index contributed by atoms with van der Waals surface area (Å²) in [6.45, 7) is 21.2. The summed E-state index contributed by atoms with van der Waals surface area (Å²) in [6.07, 6.45) is 2.53. The molecular weight excluding hydrogens is 192 g/mol. The fraction of sp³-hybridized carbons (Fsp3) is 0.750. The first-order valence-electron chi connectivity index (χ1n) is 6.21. The van der Waals surface area contributed by atoms with E-state index in [1.165, 1.54) is 36.5 Å². The summed E-state index contributed by atoms with van der Waals surface area (Å²) in [5, 5.41) is 0. The van der Waals surface area contributed by atoms with E-state index in [1.807, 2.05) is 0 Å². The van der Waals surface area contributed by atoms with Gasteiger partial charge in [0, 0.05) is 0 Å². The van der Waals surface area contributed by atoms with E-state index in [9.17, 15) is 0 Å². The summed E-state index contributed by atoms with van der Waals surface area (Å²) in [5.41, 5.74) is 0. The van der Waals surface area contributed by atoms with Gasteiger partial charge >= 0.3 is 0 Å². The fourth-order valence-corrected chi connectivity index (χ4v) is 0.500. The second kappa shape index (κ2) is 15.0. The summed E-state index contributed by atoms with van der Waals surface area (Å²) in [4.78, 5) is 0. The maximum atomic E-state index is 2.18. The van der Waals surface area contributed by atoms with Crippen LogP contribution in [-0.4, -0.2) is 0 Å². The Morgan fingerprint density at radius 1 is 0.438 bits per heavy atom. The van der Waals surface area contributed by atoms with Crippen molar-refractivity contribution < 1.29 is 0 Å². The topological polar surface area (TPSA) is 0 Å². The average Bonchev–Trinajstić information content (AvgIpc) is 1.98. The summed E-state index contributed by atoms with van der Waals surface area (Å²) in [7, 11) is 0. The van der Waals surface area contributed by atoms with E-state index in [4.69, 9.17) is 0 Å². The summed E-state index contributed by atoms with van der Waals surface area (Å²) in [6, 6.07) is 0. The maximum Gasteiger partial charge on any atom is -0.0303 e. The fourth-order valence-electron chi connectivity index (χ4n) is 0.500. The molecule has 0 saturated heterocycles. The maximum absolute atomic E-state index is 2.18. The van der Waals surface area contributed by atoms with Crippen LogP contribution in [0.15, 0.2) is 0 Å². The van der Waals surface area contributed by atoms with E-state index in [2.05, 4.69) is 69.2 Å². The van der Waals surface area contributed by atoms with Gasteiger partial charge in [-0.15, -0.1) is 0 Å². The summed E-state index contributed by atoms with van der Waals surface area (Å²) < 4.78 is 0. The standard InChI is InChI=1S/C8H16.2C4H9/c1-7(2)5-6-8(3)4;2*1-4(2)3/h5-6H2,1-4H3;2*1-3H3. The highest BCUT2D eigenvalue weighted by Crippen LogP contribution is 2.12. The zero-order valence-corrected chi connectivity index (χ0v) is 13.4. The number of hydrogen-bond acceptors (Lipinski definition) is 0. The van der Waals surface area contributed by atoms with E-state index in [1.54, 1.807) is 0 Å². The molecule has 16 heavy (non-hydrogen) atoms. The van der Waals surface area contributed by atoms with Crippen molar-refractivity contribution >= 4 is 0 Å². The Balaban J connectivity index is -0.000000179. The molecule has 0 unspecified atom stereocenters. The molecule has 0 heteroatoms. The molecule has 0 aromatic carbocycles. The Bertz CT molecular complexity index is 79.1. The van der Waals surface area contributed by atoms with Gasteiger partial charge in [-0.2, -0.15) is 0 Å². The zero-order valence-electron chi connectivity index (χ0n) is 13.4. The lowest BCUT2D eigenvalue weighted by molar-refractivity contribution is 0.758. The van der Waals surface area contributed by atoms with Gasteiger partial charge in [0.1, 0.15) is 0 Å². The number of hydrogen-bond donors (Lipinski definition) is 0. The predicted octanol–water partition coefficient (Wildman–Crippen LogP) is 6.24. The molecule has 0 aliphatic carbocycles. The molecule has 0 aliphatic rings. The molecule has 0 spiro atoms. The number of rotatable bonds is 3. The van der Waals surface area contributed by atoms with Gasteiger partial charge in [0.25, 0.3) is 0 Å². The van der Waals surface area contributed by atoms with Crippen LogP contribution in [0.1, 0.15) is 82.1 Å². The second-order valence-electron chi connectivity index (χ2n) is 5.91. The van der Waals surface area contributed by atoms with Crippen molar-refractivity contribution in [2.24, 2.45) is 0 Å². The molecule has 98 valence electrons. The molecule has 0 aromatic heterocycles. The van der Waals surface area contributed by atoms with Gasteiger partial charge in [0.05, 0.1) is 0 Å². The molecule has 0 aromatic rings. The molecule has 0 amide bonds. The zero-order chi connectivity index (χ0) is 13.7. The van der Waals surface area contributed by atoms with Gasteiger partial charge in [0.15, 0.2) is 0 Å². The largest absolute Gasteiger partial charge is 0.0597 e. The van der Waals surface area contributed by atoms with Crippen molar-refractivity contribution in [1.29, 1.82) is 0 Å². The van der Waals surface area contributed by atoms with Gasteiger partial charge in [-0.05, 0) is 36.5 Å². The molecule has 0 heterocycles. The van der Waals surface area contributed by atoms with Crippen LogP contribution in [0.3, 0.4) is 0 Å². The van der Waals surface area contributed by atoms with Crippen LogP contribution >= 0.6 is 0 Å². The van der Waals surface area contributed by atoms with Crippen LogP contribution in [0.5, 0.6) is 0 Å². The molecule has 0 atom stereocenters. The first-order valence-corrected chi connectivity index (χ1v) is 6.21. The molecule has 0 bridgehead atoms. The van der Waals surface area contributed by atoms with E-state index < -0.39 is 0 Å². The van der Waals surface area contributed by atoms with Crippen LogP contribution in [0.2, 0.25) is 0 Å². The molecule has 0 rings (SSSR count). The third kappa shape index (κ3) is 94.6. The SMILES string of the molecule is C[C](C)C.C[C](C)C.C[C](C)CC[C](C)C. The first-order chi connectivity index (χ1) is 7.09. The van der Waals surface area contributed by atoms with Gasteiger partial charge in [-0.3, -0.25) is 0 Å². The molecule has 0 fully saturated rings. The first kappa shape index (κ1) is 21.3. The highest BCUT2D eigenvalue weighted by Gasteiger charge is 1.96. The van der Waals surface area contributed by atoms with Crippen molar-refractivity contribution in [3.63, 3.8) is 0 Å². The molecule has 0 N–H and O–H groups in total. The van der Waals surface area contributed by atoms with Gasteiger partial charge in [-0.1, -0.05) is 69.2 Å². The van der Waals surface area contributed by atoms with Crippen molar-refractivity contribution in [2.75, 3.05) is 0 Å². The molecule has 0 aliphatic heterocycles. The second-order valence-corrected chi connectivity index (χ2v) is 5.91. The molecular formula is C16H34. The highest BCUT2D eigenvalue weighted by atomic mass is 14.0. The summed E-state index contributed by atoms with van der Waals surface area (Å²) in [5.74, 6) is 5.90. The van der Waals surface area contributed by atoms with Crippen LogP contribution in [0.4, 0.5) is 0 Å². The summed E-state index contributed by atoms with van der Waals surface area (Å²) >= 11 is 0. The Morgan fingerprint density at radius 2 is 0.562 bits per heavy atom. The minimum atomic E-state index is 1.27. The van der Waals surface area contributed by atoms with Crippen molar-refractivity contribution in [2.45, 2.75) is 82.1 Å². The average molecular weight is 226 g/mol. The minimum absolute atomic E-state index is 1.27. The van der Waals surface area contributed by atoms with E-state index in [0.717, 1.165) is 0 Å². The van der Waals surface area contributed by atoms with Crippen LogP contribution in [0.25, 0.3) is 0 Å².